The third kappa shape index (κ3) is 4.03. The highest BCUT2D eigenvalue weighted by molar-refractivity contribution is 5.22. The van der Waals surface area contributed by atoms with Crippen LogP contribution < -0.4 is 5.32 Å². The lowest BCUT2D eigenvalue weighted by Crippen LogP contribution is -2.44. The molecule has 2 fully saturated rings. The van der Waals surface area contributed by atoms with Crippen LogP contribution >= 0.6 is 0 Å². The maximum atomic E-state index is 6.27. The number of rotatable bonds is 5. The Morgan fingerprint density at radius 3 is 2.96 bits per heavy atom. The molecule has 1 N–H and O–H groups in total. The van der Waals surface area contributed by atoms with E-state index in [9.17, 15) is 0 Å². The predicted octanol–water partition coefficient (Wildman–Crippen LogP) is 0.930. The molecule has 2 atom stereocenters. The van der Waals surface area contributed by atoms with Gasteiger partial charge in [-0.05, 0) is 12.5 Å². The summed E-state index contributed by atoms with van der Waals surface area (Å²) in [4.78, 5) is 15.3. The number of imidazole rings is 1. The number of hydrogen-bond donors (Lipinski definition) is 1. The molecule has 2 aromatic rings. The number of nitrogens with zero attached hydrogens (tertiary/aromatic N) is 5. The van der Waals surface area contributed by atoms with E-state index in [1.54, 1.807) is 12.4 Å². The molecule has 0 unspecified atom stereocenters. The summed E-state index contributed by atoms with van der Waals surface area (Å²) >= 11 is 0. The molecular formula is C18H26N6O2. The fourth-order valence-corrected chi connectivity index (χ4v) is 3.77. The molecule has 4 rings (SSSR count). The normalized spacial score (nSPS) is 26.9. The fourth-order valence-electron chi connectivity index (χ4n) is 3.77. The third-order valence-electron chi connectivity index (χ3n) is 5.12. The maximum Gasteiger partial charge on any atom is 0.222 e. The molecule has 4 heterocycles. The first kappa shape index (κ1) is 17.4. The molecule has 8 heteroatoms. The van der Waals surface area contributed by atoms with Gasteiger partial charge in [0.15, 0.2) is 0 Å². The van der Waals surface area contributed by atoms with Crippen molar-refractivity contribution in [2.24, 2.45) is 13.0 Å². The summed E-state index contributed by atoms with van der Waals surface area (Å²) in [6.07, 6.45) is 8.30. The summed E-state index contributed by atoms with van der Waals surface area (Å²) in [5.74, 6) is 2.16. The third-order valence-corrected chi connectivity index (χ3v) is 5.12. The van der Waals surface area contributed by atoms with Crippen LogP contribution in [-0.2, 0) is 23.1 Å². The first-order valence-electron chi connectivity index (χ1n) is 9.14. The predicted molar refractivity (Wildman–Crippen MR) is 96.6 cm³/mol. The Morgan fingerprint density at radius 2 is 2.15 bits per heavy atom. The summed E-state index contributed by atoms with van der Waals surface area (Å²) in [5.41, 5.74) is -0.231. The second-order valence-corrected chi connectivity index (χ2v) is 7.24. The van der Waals surface area contributed by atoms with Crippen LogP contribution in [-0.4, -0.2) is 69.5 Å². The van der Waals surface area contributed by atoms with E-state index in [4.69, 9.17) is 9.47 Å². The summed E-state index contributed by atoms with van der Waals surface area (Å²) in [5, 5.41) is 3.31. The minimum absolute atomic E-state index is 0.231. The van der Waals surface area contributed by atoms with Crippen LogP contribution in [0.25, 0.3) is 0 Å². The zero-order valence-corrected chi connectivity index (χ0v) is 15.2. The van der Waals surface area contributed by atoms with Crippen LogP contribution in [0.5, 0.6) is 0 Å². The van der Waals surface area contributed by atoms with Gasteiger partial charge in [0.1, 0.15) is 11.4 Å². The van der Waals surface area contributed by atoms with E-state index in [1.807, 2.05) is 25.5 Å². The van der Waals surface area contributed by atoms with Crippen LogP contribution in [0.1, 0.15) is 12.2 Å². The average molecular weight is 358 g/mol. The van der Waals surface area contributed by atoms with Crippen LogP contribution in [0.2, 0.25) is 0 Å². The minimum atomic E-state index is -0.231. The molecule has 2 saturated heterocycles. The van der Waals surface area contributed by atoms with Crippen molar-refractivity contribution < 1.29 is 9.47 Å². The van der Waals surface area contributed by atoms with Gasteiger partial charge in [-0.25, -0.2) is 15.0 Å². The molecule has 0 saturated carbocycles. The first-order valence-corrected chi connectivity index (χ1v) is 9.14. The molecule has 8 nitrogen and oxygen atoms in total. The van der Waals surface area contributed by atoms with Crippen LogP contribution in [0, 0.1) is 5.92 Å². The van der Waals surface area contributed by atoms with Crippen molar-refractivity contribution in [3.05, 3.63) is 36.7 Å². The lowest BCUT2D eigenvalue weighted by molar-refractivity contribution is -0.0564. The Balaban J connectivity index is 1.35. The molecule has 2 aromatic heterocycles. The van der Waals surface area contributed by atoms with Crippen molar-refractivity contribution in [3.63, 3.8) is 0 Å². The first-order chi connectivity index (χ1) is 12.7. The summed E-state index contributed by atoms with van der Waals surface area (Å²) in [6.45, 7) is 5.53. The molecule has 2 aliphatic heterocycles. The van der Waals surface area contributed by atoms with E-state index in [-0.39, 0.29) is 5.60 Å². The van der Waals surface area contributed by atoms with Gasteiger partial charge in [-0.3, -0.25) is 4.90 Å². The van der Waals surface area contributed by atoms with Crippen molar-refractivity contribution in [1.29, 1.82) is 0 Å². The van der Waals surface area contributed by atoms with Crippen molar-refractivity contribution in [3.8, 4) is 0 Å². The van der Waals surface area contributed by atoms with E-state index >= 15 is 0 Å². The standard InChI is InChI=1S/C18H26N6O2/c1-23-6-5-19-16(23)11-24-7-8-25-14-18(13-24)9-15(12-26-18)10-22-17-20-3-2-4-21-17/h2-6,15H,7-14H2,1H3,(H,20,21,22)/t15-,18-/m1/s1. The van der Waals surface area contributed by atoms with Gasteiger partial charge in [-0.15, -0.1) is 0 Å². The number of anilines is 1. The Morgan fingerprint density at radius 1 is 1.27 bits per heavy atom. The Hall–Kier alpha value is -2.03. The topological polar surface area (TPSA) is 77.3 Å². The van der Waals surface area contributed by atoms with Gasteiger partial charge in [0, 0.05) is 57.4 Å². The highest BCUT2D eigenvalue weighted by atomic mass is 16.5. The van der Waals surface area contributed by atoms with E-state index < -0.39 is 0 Å². The van der Waals surface area contributed by atoms with Crippen molar-refractivity contribution >= 4 is 5.95 Å². The molecular weight excluding hydrogens is 332 g/mol. The van der Waals surface area contributed by atoms with Crippen molar-refractivity contribution in [2.75, 3.05) is 44.8 Å². The largest absolute Gasteiger partial charge is 0.377 e. The van der Waals surface area contributed by atoms with E-state index in [2.05, 4.69) is 29.7 Å². The molecule has 2 aliphatic rings. The van der Waals surface area contributed by atoms with Crippen LogP contribution in [0.15, 0.2) is 30.9 Å². The monoisotopic (exact) mass is 358 g/mol. The summed E-state index contributed by atoms with van der Waals surface area (Å²) in [7, 11) is 2.03. The fraction of sp³-hybridized carbons (Fsp3) is 0.611. The van der Waals surface area contributed by atoms with Crippen molar-refractivity contribution in [1.82, 2.24) is 24.4 Å². The Kier molecular flexibility index (Phi) is 5.14. The molecule has 0 amide bonds. The van der Waals surface area contributed by atoms with Gasteiger partial charge in [0.05, 0.1) is 26.4 Å². The van der Waals surface area contributed by atoms with E-state index in [1.165, 1.54) is 0 Å². The lowest BCUT2D eigenvalue weighted by atomic mass is 9.94. The molecule has 0 aliphatic carbocycles. The molecule has 0 bridgehead atoms. The van der Waals surface area contributed by atoms with Crippen LogP contribution in [0.3, 0.4) is 0 Å². The van der Waals surface area contributed by atoms with Gasteiger partial charge in [-0.1, -0.05) is 0 Å². The van der Waals surface area contributed by atoms with E-state index in [0.29, 0.717) is 18.5 Å². The minimum Gasteiger partial charge on any atom is -0.377 e. The SMILES string of the molecule is Cn1ccnc1CN1CCOC[C@@]2(C[C@H](CNc3ncccn3)CO2)C1. The maximum absolute atomic E-state index is 6.27. The van der Waals surface area contributed by atoms with Gasteiger partial charge >= 0.3 is 0 Å². The zero-order valence-electron chi connectivity index (χ0n) is 15.2. The van der Waals surface area contributed by atoms with Gasteiger partial charge in [0.2, 0.25) is 5.95 Å². The van der Waals surface area contributed by atoms with Crippen LogP contribution in [0.4, 0.5) is 5.95 Å². The molecule has 0 aromatic carbocycles. The van der Waals surface area contributed by atoms with E-state index in [0.717, 1.165) is 51.6 Å². The average Bonchev–Trinajstić information content (AvgIpc) is 3.18. The molecule has 0 radical (unpaired) electrons. The Labute approximate surface area is 153 Å². The molecule has 140 valence electrons. The highest BCUT2D eigenvalue weighted by Crippen LogP contribution is 2.33. The highest BCUT2D eigenvalue weighted by Gasteiger charge is 2.43. The second kappa shape index (κ2) is 7.69. The van der Waals surface area contributed by atoms with Gasteiger partial charge < -0.3 is 19.4 Å². The van der Waals surface area contributed by atoms with Crippen molar-refractivity contribution in [2.45, 2.75) is 18.6 Å². The Bertz CT molecular complexity index is 709. The zero-order chi connectivity index (χ0) is 17.8. The quantitative estimate of drug-likeness (QED) is 0.852. The number of hydrogen-bond acceptors (Lipinski definition) is 7. The summed E-state index contributed by atoms with van der Waals surface area (Å²) < 4.78 is 14.2. The summed E-state index contributed by atoms with van der Waals surface area (Å²) in [6, 6.07) is 1.82. The van der Waals surface area contributed by atoms with Gasteiger partial charge in [-0.2, -0.15) is 0 Å². The number of aryl methyl sites for hydroxylation is 1. The smallest absolute Gasteiger partial charge is 0.222 e. The number of ether oxygens (including phenoxy) is 2. The second-order valence-electron chi connectivity index (χ2n) is 7.24. The molecule has 1 spiro atoms. The lowest BCUT2D eigenvalue weighted by Gasteiger charge is -2.31. The number of nitrogens with one attached hydrogen (secondary N) is 1. The number of aromatic nitrogens is 4. The van der Waals surface area contributed by atoms with Gasteiger partial charge in [0.25, 0.3) is 0 Å². The molecule has 26 heavy (non-hydrogen) atoms.